The average molecular weight is 258 g/mol. The third kappa shape index (κ3) is 5.89. The highest BCUT2D eigenvalue weighted by molar-refractivity contribution is 7.90. The minimum absolute atomic E-state index is 0.0143. The van der Waals surface area contributed by atoms with Crippen molar-refractivity contribution >= 4 is 9.84 Å². The van der Waals surface area contributed by atoms with Gasteiger partial charge in [0.15, 0.2) is 0 Å². The second kappa shape index (κ2) is 6.21. The number of nitrogens with one attached hydrogen (secondary N) is 1. The Morgan fingerprint density at radius 2 is 2.18 bits per heavy atom. The number of hydrogen-bond acceptors (Lipinski definition) is 3. The van der Waals surface area contributed by atoms with Gasteiger partial charge in [0, 0.05) is 37.8 Å². The molecule has 0 fully saturated rings. The molecule has 17 heavy (non-hydrogen) atoms. The highest BCUT2D eigenvalue weighted by atomic mass is 32.2. The molecule has 0 aromatic carbocycles. The van der Waals surface area contributed by atoms with E-state index in [1.54, 1.807) is 0 Å². The highest BCUT2D eigenvalue weighted by Gasteiger charge is 2.09. The standard InChI is InChI=1S/C12H22N2O2S/c1-4-6-14-7-5-12(9-14)8-13-11(2)10-17(3,15)16/h5,7,9,11,13H,4,6,8,10H2,1-3H3. The molecule has 0 radical (unpaired) electrons. The predicted molar refractivity (Wildman–Crippen MR) is 70.7 cm³/mol. The molecular weight excluding hydrogens is 236 g/mol. The van der Waals surface area contributed by atoms with Crippen molar-refractivity contribution in [3.63, 3.8) is 0 Å². The van der Waals surface area contributed by atoms with Crippen LogP contribution in [-0.2, 0) is 22.9 Å². The molecule has 0 aliphatic carbocycles. The summed E-state index contributed by atoms with van der Waals surface area (Å²) in [5, 5.41) is 3.22. The molecule has 1 aromatic heterocycles. The molecule has 0 aliphatic heterocycles. The number of sulfone groups is 1. The van der Waals surface area contributed by atoms with E-state index < -0.39 is 9.84 Å². The summed E-state index contributed by atoms with van der Waals surface area (Å²) in [5.74, 6) is 0.183. The van der Waals surface area contributed by atoms with Crippen LogP contribution in [0.3, 0.4) is 0 Å². The second-order valence-electron chi connectivity index (χ2n) is 4.63. The van der Waals surface area contributed by atoms with Gasteiger partial charge in [-0.3, -0.25) is 0 Å². The van der Waals surface area contributed by atoms with Crippen molar-refractivity contribution in [2.45, 2.75) is 39.4 Å². The van der Waals surface area contributed by atoms with Crippen molar-refractivity contribution < 1.29 is 8.42 Å². The van der Waals surface area contributed by atoms with Gasteiger partial charge in [-0.2, -0.15) is 0 Å². The van der Waals surface area contributed by atoms with E-state index in [4.69, 9.17) is 0 Å². The maximum Gasteiger partial charge on any atom is 0.148 e. The first kappa shape index (κ1) is 14.3. The lowest BCUT2D eigenvalue weighted by molar-refractivity contribution is 0.559. The molecule has 1 N–H and O–H groups in total. The van der Waals surface area contributed by atoms with Crippen LogP contribution in [0.2, 0.25) is 0 Å². The zero-order valence-electron chi connectivity index (χ0n) is 10.8. The monoisotopic (exact) mass is 258 g/mol. The lowest BCUT2D eigenvalue weighted by Crippen LogP contribution is -2.32. The summed E-state index contributed by atoms with van der Waals surface area (Å²) in [6.07, 6.45) is 6.54. The van der Waals surface area contributed by atoms with E-state index >= 15 is 0 Å². The Hall–Kier alpha value is -0.810. The Labute approximate surface area is 104 Å². The fourth-order valence-corrected chi connectivity index (χ4v) is 2.82. The van der Waals surface area contributed by atoms with Crippen LogP contribution < -0.4 is 5.32 Å². The molecule has 4 nitrogen and oxygen atoms in total. The van der Waals surface area contributed by atoms with Crippen LogP contribution in [0.25, 0.3) is 0 Å². The molecule has 0 saturated carbocycles. The average Bonchev–Trinajstić information content (AvgIpc) is 2.61. The van der Waals surface area contributed by atoms with Gasteiger partial charge in [-0.25, -0.2) is 8.42 Å². The first-order chi connectivity index (χ1) is 7.90. The Balaban J connectivity index is 2.39. The van der Waals surface area contributed by atoms with E-state index in [0.29, 0.717) is 6.54 Å². The van der Waals surface area contributed by atoms with Gasteiger partial charge in [-0.05, 0) is 25.0 Å². The third-order valence-corrected chi connectivity index (χ3v) is 3.61. The molecule has 1 atom stereocenters. The number of aryl methyl sites for hydroxylation is 1. The van der Waals surface area contributed by atoms with Gasteiger partial charge in [-0.15, -0.1) is 0 Å². The zero-order valence-corrected chi connectivity index (χ0v) is 11.6. The molecule has 1 unspecified atom stereocenters. The maximum absolute atomic E-state index is 11.1. The first-order valence-electron chi connectivity index (χ1n) is 5.96. The third-order valence-electron chi connectivity index (χ3n) is 2.50. The lowest BCUT2D eigenvalue weighted by Gasteiger charge is -2.11. The molecular formula is C12H22N2O2S. The zero-order chi connectivity index (χ0) is 12.9. The SMILES string of the molecule is CCCn1ccc(CNC(C)CS(C)(=O)=O)c1. The molecule has 1 heterocycles. The minimum Gasteiger partial charge on any atom is -0.354 e. The van der Waals surface area contributed by atoms with Crippen molar-refractivity contribution in [3.8, 4) is 0 Å². The second-order valence-corrected chi connectivity index (χ2v) is 6.82. The molecule has 5 heteroatoms. The largest absolute Gasteiger partial charge is 0.354 e. The fourth-order valence-electron chi connectivity index (χ4n) is 1.80. The van der Waals surface area contributed by atoms with E-state index in [0.717, 1.165) is 13.0 Å². The van der Waals surface area contributed by atoms with Crippen molar-refractivity contribution in [1.29, 1.82) is 0 Å². The van der Waals surface area contributed by atoms with Crippen LogP contribution in [0.4, 0.5) is 0 Å². The minimum atomic E-state index is -2.90. The summed E-state index contributed by atoms with van der Waals surface area (Å²) < 4.78 is 24.3. The van der Waals surface area contributed by atoms with E-state index in [9.17, 15) is 8.42 Å². The molecule has 0 aliphatic rings. The summed E-state index contributed by atoms with van der Waals surface area (Å²) in [5.41, 5.74) is 1.19. The van der Waals surface area contributed by atoms with Crippen LogP contribution in [0.15, 0.2) is 18.5 Å². The first-order valence-corrected chi connectivity index (χ1v) is 8.02. The Morgan fingerprint density at radius 1 is 1.47 bits per heavy atom. The van der Waals surface area contributed by atoms with E-state index in [-0.39, 0.29) is 11.8 Å². The van der Waals surface area contributed by atoms with Gasteiger partial charge in [0.1, 0.15) is 9.84 Å². The van der Waals surface area contributed by atoms with Crippen molar-refractivity contribution in [2.24, 2.45) is 0 Å². The van der Waals surface area contributed by atoms with Crippen LogP contribution in [0.1, 0.15) is 25.8 Å². The van der Waals surface area contributed by atoms with Gasteiger partial charge in [0.05, 0.1) is 5.75 Å². The molecule has 98 valence electrons. The smallest absolute Gasteiger partial charge is 0.148 e. The summed E-state index contributed by atoms with van der Waals surface area (Å²) >= 11 is 0. The highest BCUT2D eigenvalue weighted by Crippen LogP contribution is 2.03. The van der Waals surface area contributed by atoms with Crippen molar-refractivity contribution in [1.82, 2.24) is 9.88 Å². The van der Waals surface area contributed by atoms with Crippen LogP contribution in [0.5, 0.6) is 0 Å². The van der Waals surface area contributed by atoms with Crippen LogP contribution in [-0.4, -0.2) is 31.0 Å². The fraction of sp³-hybridized carbons (Fsp3) is 0.667. The molecule has 0 amide bonds. The normalized spacial score (nSPS) is 13.8. The Kier molecular flexibility index (Phi) is 5.21. The van der Waals surface area contributed by atoms with Gasteiger partial charge >= 0.3 is 0 Å². The molecule has 1 aromatic rings. The Morgan fingerprint density at radius 3 is 2.76 bits per heavy atom. The van der Waals surface area contributed by atoms with E-state index in [2.05, 4.69) is 35.3 Å². The predicted octanol–water partition coefficient (Wildman–Crippen LogP) is 1.42. The molecule has 0 bridgehead atoms. The summed E-state index contributed by atoms with van der Waals surface area (Å²) in [4.78, 5) is 0. The van der Waals surface area contributed by atoms with Gasteiger partial charge in [-0.1, -0.05) is 6.92 Å². The van der Waals surface area contributed by atoms with Gasteiger partial charge < -0.3 is 9.88 Å². The number of nitrogens with zero attached hydrogens (tertiary/aromatic N) is 1. The summed E-state index contributed by atoms with van der Waals surface area (Å²) in [6.45, 7) is 5.78. The summed E-state index contributed by atoms with van der Waals surface area (Å²) in [7, 11) is -2.90. The van der Waals surface area contributed by atoms with Crippen LogP contribution in [0, 0.1) is 0 Å². The maximum atomic E-state index is 11.1. The Bertz CT molecular complexity index is 437. The van der Waals surface area contributed by atoms with Crippen molar-refractivity contribution in [3.05, 3.63) is 24.0 Å². The molecule has 1 rings (SSSR count). The topological polar surface area (TPSA) is 51.1 Å². The number of rotatable bonds is 7. The molecule has 0 spiro atoms. The van der Waals surface area contributed by atoms with Gasteiger partial charge in [0.2, 0.25) is 0 Å². The molecule has 0 saturated heterocycles. The van der Waals surface area contributed by atoms with Crippen LogP contribution >= 0.6 is 0 Å². The summed E-state index contributed by atoms with van der Waals surface area (Å²) in [6, 6.07) is 2.05. The van der Waals surface area contributed by atoms with E-state index in [1.165, 1.54) is 11.8 Å². The van der Waals surface area contributed by atoms with E-state index in [1.807, 2.05) is 6.92 Å². The quantitative estimate of drug-likeness (QED) is 0.805. The lowest BCUT2D eigenvalue weighted by atomic mass is 10.3. The number of aromatic nitrogens is 1. The number of hydrogen-bond donors (Lipinski definition) is 1. The van der Waals surface area contributed by atoms with Gasteiger partial charge in [0.25, 0.3) is 0 Å². The van der Waals surface area contributed by atoms with Crippen molar-refractivity contribution in [2.75, 3.05) is 12.0 Å².